The number of carbonyl (C=O) groups excluding carboxylic acids is 1. The maximum absolute atomic E-state index is 11.7. The molecule has 1 heterocycles. The number of carboxylic acid groups (broad SMARTS) is 1. The first-order valence-corrected chi connectivity index (χ1v) is 7.03. The Morgan fingerprint density at radius 2 is 2.16 bits per heavy atom. The minimum absolute atomic E-state index is 0.213. The molecule has 0 spiro atoms. The summed E-state index contributed by atoms with van der Waals surface area (Å²) in [5, 5.41) is 13.5. The van der Waals surface area contributed by atoms with Crippen LogP contribution in [0.15, 0.2) is 17.5 Å². The van der Waals surface area contributed by atoms with Crippen LogP contribution in [0.5, 0.6) is 0 Å². The standard InChI is InChI=1S/C14H19NO3S/c1-9(2)8-11(14(17)18)15-13(16)5-4-12-10(3)6-7-19-12/h4-7,9,11H,8H2,1-3H3,(H,15,16)(H,17,18)/b5-4+. The van der Waals surface area contributed by atoms with Gasteiger partial charge < -0.3 is 10.4 Å². The summed E-state index contributed by atoms with van der Waals surface area (Å²) in [5.74, 6) is -1.16. The summed E-state index contributed by atoms with van der Waals surface area (Å²) in [6.45, 7) is 5.81. The Bertz CT molecular complexity index is 477. The van der Waals surface area contributed by atoms with Crippen molar-refractivity contribution in [3.05, 3.63) is 28.0 Å². The molecule has 104 valence electrons. The number of aliphatic carboxylic acids is 1. The van der Waals surface area contributed by atoms with E-state index in [9.17, 15) is 9.59 Å². The maximum atomic E-state index is 11.7. The van der Waals surface area contributed by atoms with Gasteiger partial charge >= 0.3 is 5.97 Å². The largest absolute Gasteiger partial charge is 0.480 e. The van der Waals surface area contributed by atoms with Crippen molar-refractivity contribution in [1.29, 1.82) is 0 Å². The van der Waals surface area contributed by atoms with Crippen molar-refractivity contribution in [2.75, 3.05) is 0 Å². The highest BCUT2D eigenvalue weighted by atomic mass is 32.1. The Morgan fingerprint density at radius 3 is 2.63 bits per heavy atom. The summed E-state index contributed by atoms with van der Waals surface area (Å²) in [4.78, 5) is 23.7. The molecule has 2 N–H and O–H groups in total. The Kier molecular flexibility index (Phi) is 5.76. The minimum Gasteiger partial charge on any atom is -0.480 e. The zero-order valence-electron chi connectivity index (χ0n) is 11.3. The second-order valence-corrected chi connectivity index (χ2v) is 5.78. The van der Waals surface area contributed by atoms with Gasteiger partial charge in [0.05, 0.1) is 0 Å². The molecule has 5 heteroatoms. The van der Waals surface area contributed by atoms with Crippen LogP contribution in [0, 0.1) is 12.8 Å². The lowest BCUT2D eigenvalue weighted by atomic mass is 10.0. The van der Waals surface area contributed by atoms with E-state index in [-0.39, 0.29) is 11.8 Å². The first kappa shape index (κ1) is 15.4. The monoisotopic (exact) mass is 281 g/mol. The number of nitrogens with one attached hydrogen (secondary N) is 1. The predicted molar refractivity (Wildman–Crippen MR) is 77.1 cm³/mol. The molecule has 1 amide bonds. The van der Waals surface area contributed by atoms with Crippen molar-refractivity contribution in [3.8, 4) is 0 Å². The van der Waals surface area contributed by atoms with Crippen LogP contribution in [-0.4, -0.2) is 23.0 Å². The molecular formula is C14H19NO3S. The normalized spacial score (nSPS) is 12.8. The van der Waals surface area contributed by atoms with E-state index in [0.717, 1.165) is 10.4 Å². The Morgan fingerprint density at radius 1 is 1.47 bits per heavy atom. The van der Waals surface area contributed by atoms with Crippen LogP contribution < -0.4 is 5.32 Å². The van der Waals surface area contributed by atoms with Gasteiger partial charge in [-0.25, -0.2) is 4.79 Å². The molecule has 1 atom stereocenters. The Balaban J connectivity index is 2.60. The average Bonchev–Trinajstić information content (AvgIpc) is 2.70. The second-order valence-electron chi connectivity index (χ2n) is 4.83. The summed E-state index contributed by atoms with van der Waals surface area (Å²) in [6.07, 6.45) is 3.52. The first-order valence-electron chi connectivity index (χ1n) is 6.15. The summed E-state index contributed by atoms with van der Waals surface area (Å²) in [6, 6.07) is 1.14. The van der Waals surface area contributed by atoms with Gasteiger partial charge in [-0.05, 0) is 42.3 Å². The molecule has 0 bridgehead atoms. The molecule has 0 saturated heterocycles. The number of rotatable bonds is 6. The van der Waals surface area contributed by atoms with Crippen molar-refractivity contribution in [2.24, 2.45) is 5.92 Å². The van der Waals surface area contributed by atoms with E-state index in [4.69, 9.17) is 5.11 Å². The molecule has 1 rings (SSSR count). The highest BCUT2D eigenvalue weighted by molar-refractivity contribution is 7.11. The second kappa shape index (κ2) is 7.09. The van der Waals surface area contributed by atoms with Gasteiger partial charge in [0.25, 0.3) is 0 Å². The van der Waals surface area contributed by atoms with Gasteiger partial charge in [0.2, 0.25) is 5.91 Å². The van der Waals surface area contributed by atoms with Crippen molar-refractivity contribution >= 4 is 29.3 Å². The molecule has 1 unspecified atom stereocenters. The molecule has 0 fully saturated rings. The lowest BCUT2D eigenvalue weighted by Gasteiger charge is -2.15. The van der Waals surface area contributed by atoms with Crippen molar-refractivity contribution in [2.45, 2.75) is 33.2 Å². The van der Waals surface area contributed by atoms with Crippen molar-refractivity contribution in [1.82, 2.24) is 5.32 Å². The molecule has 0 aliphatic carbocycles. The van der Waals surface area contributed by atoms with Crippen LogP contribution in [0.25, 0.3) is 6.08 Å². The highest BCUT2D eigenvalue weighted by Gasteiger charge is 2.19. The van der Waals surface area contributed by atoms with Crippen LogP contribution in [0.2, 0.25) is 0 Å². The lowest BCUT2D eigenvalue weighted by Crippen LogP contribution is -2.40. The zero-order valence-corrected chi connectivity index (χ0v) is 12.2. The molecule has 0 aromatic carbocycles. The predicted octanol–water partition coefficient (Wildman–Crippen LogP) is 2.69. The molecule has 4 nitrogen and oxygen atoms in total. The molecule has 0 saturated carbocycles. The van der Waals surface area contributed by atoms with Gasteiger partial charge in [0, 0.05) is 11.0 Å². The number of amides is 1. The smallest absolute Gasteiger partial charge is 0.326 e. The van der Waals surface area contributed by atoms with Gasteiger partial charge in [-0.3, -0.25) is 4.79 Å². The number of hydrogen-bond acceptors (Lipinski definition) is 3. The van der Waals surface area contributed by atoms with Gasteiger partial charge in [0.1, 0.15) is 6.04 Å². The van der Waals surface area contributed by atoms with E-state index >= 15 is 0 Å². The summed E-state index contributed by atoms with van der Waals surface area (Å²) >= 11 is 1.54. The van der Waals surface area contributed by atoms with Gasteiger partial charge in [-0.1, -0.05) is 13.8 Å². The highest BCUT2D eigenvalue weighted by Crippen LogP contribution is 2.16. The van der Waals surface area contributed by atoms with E-state index < -0.39 is 12.0 Å². The summed E-state index contributed by atoms with van der Waals surface area (Å²) in [7, 11) is 0. The van der Waals surface area contributed by atoms with Crippen molar-refractivity contribution in [3.63, 3.8) is 0 Å². The lowest BCUT2D eigenvalue weighted by molar-refractivity contribution is -0.141. The molecule has 0 aliphatic heterocycles. The third kappa shape index (κ3) is 5.26. The van der Waals surface area contributed by atoms with Gasteiger partial charge in [0.15, 0.2) is 0 Å². The minimum atomic E-state index is -0.997. The molecular weight excluding hydrogens is 262 g/mol. The zero-order chi connectivity index (χ0) is 14.4. The van der Waals surface area contributed by atoms with E-state index in [1.165, 1.54) is 6.08 Å². The summed E-state index contributed by atoms with van der Waals surface area (Å²) in [5.41, 5.74) is 1.10. The van der Waals surface area contributed by atoms with E-state index in [2.05, 4.69) is 5.32 Å². The average molecular weight is 281 g/mol. The van der Waals surface area contributed by atoms with Crippen molar-refractivity contribution < 1.29 is 14.7 Å². The molecule has 0 aliphatic rings. The molecule has 19 heavy (non-hydrogen) atoms. The van der Waals surface area contributed by atoms with Crippen LogP contribution in [0.4, 0.5) is 0 Å². The fourth-order valence-electron chi connectivity index (χ4n) is 1.62. The molecule has 1 aromatic rings. The number of hydrogen-bond donors (Lipinski definition) is 2. The topological polar surface area (TPSA) is 66.4 Å². The molecule has 0 radical (unpaired) electrons. The van der Waals surface area contributed by atoms with E-state index in [1.54, 1.807) is 17.4 Å². The Hall–Kier alpha value is -1.62. The first-order chi connectivity index (χ1) is 8.90. The molecule has 1 aromatic heterocycles. The Labute approximate surface area is 117 Å². The quantitative estimate of drug-likeness (QED) is 0.788. The van der Waals surface area contributed by atoms with Crippen LogP contribution >= 0.6 is 11.3 Å². The maximum Gasteiger partial charge on any atom is 0.326 e. The summed E-state index contributed by atoms with van der Waals surface area (Å²) < 4.78 is 0. The third-order valence-corrected chi connectivity index (χ3v) is 3.59. The number of thiophene rings is 1. The van der Waals surface area contributed by atoms with E-state index in [0.29, 0.717) is 6.42 Å². The van der Waals surface area contributed by atoms with Gasteiger partial charge in [-0.15, -0.1) is 11.3 Å². The van der Waals surface area contributed by atoms with Gasteiger partial charge in [-0.2, -0.15) is 0 Å². The van der Waals surface area contributed by atoms with Crippen LogP contribution in [0.1, 0.15) is 30.7 Å². The van der Waals surface area contributed by atoms with Crippen LogP contribution in [-0.2, 0) is 9.59 Å². The fraction of sp³-hybridized carbons (Fsp3) is 0.429. The number of aryl methyl sites for hydroxylation is 1. The third-order valence-electron chi connectivity index (χ3n) is 2.61. The fourth-order valence-corrected chi connectivity index (χ4v) is 2.44. The SMILES string of the molecule is Cc1ccsc1/C=C/C(=O)NC(CC(C)C)C(=O)O. The number of carbonyl (C=O) groups is 2. The van der Waals surface area contributed by atoms with Crippen LogP contribution in [0.3, 0.4) is 0 Å². The van der Waals surface area contributed by atoms with E-state index in [1.807, 2.05) is 32.2 Å². The number of carboxylic acids is 1.